The van der Waals surface area contributed by atoms with Gasteiger partial charge in [0.25, 0.3) is 0 Å². The van der Waals surface area contributed by atoms with E-state index in [2.05, 4.69) is 4.74 Å². The van der Waals surface area contributed by atoms with Crippen molar-refractivity contribution >= 4 is 10.0 Å². The fourth-order valence-corrected chi connectivity index (χ4v) is 4.83. The Morgan fingerprint density at radius 1 is 1.14 bits per heavy atom. The second-order valence-corrected chi connectivity index (χ2v) is 7.16. The number of rotatable bonds is 3. The van der Waals surface area contributed by atoms with Gasteiger partial charge in [-0.25, -0.2) is 8.42 Å². The lowest BCUT2D eigenvalue weighted by atomic mass is 10.2. The molecule has 2 atom stereocenters. The molecule has 2 aliphatic rings. The van der Waals surface area contributed by atoms with Gasteiger partial charge < -0.3 is 4.74 Å². The maximum Gasteiger partial charge on any atom is 0.573 e. The van der Waals surface area contributed by atoms with Crippen LogP contribution in [0.4, 0.5) is 13.2 Å². The number of benzene rings is 1. The van der Waals surface area contributed by atoms with Crippen LogP contribution in [0.25, 0.3) is 0 Å². The van der Waals surface area contributed by atoms with Crippen LogP contribution in [-0.4, -0.2) is 31.2 Å². The molecule has 120 valence electrons. The minimum atomic E-state index is -4.79. The van der Waals surface area contributed by atoms with E-state index < -0.39 is 22.1 Å². The molecule has 4 nitrogen and oxygen atoms in total. The Morgan fingerprint density at radius 2 is 1.82 bits per heavy atom. The zero-order valence-electron chi connectivity index (χ0n) is 11.5. The van der Waals surface area contributed by atoms with E-state index in [4.69, 9.17) is 0 Å². The van der Waals surface area contributed by atoms with E-state index in [-0.39, 0.29) is 17.0 Å². The molecule has 0 amide bonds. The number of sulfonamides is 1. The van der Waals surface area contributed by atoms with E-state index in [9.17, 15) is 21.6 Å². The molecular formula is C14H14F3NO3S. The molecule has 2 bridgehead atoms. The molecule has 0 N–H and O–H groups in total. The molecule has 1 fully saturated rings. The van der Waals surface area contributed by atoms with Crippen molar-refractivity contribution in [3.05, 3.63) is 36.4 Å². The maximum atomic E-state index is 12.7. The second-order valence-electron chi connectivity index (χ2n) is 5.32. The number of nitrogens with zero attached hydrogens (tertiary/aromatic N) is 1. The lowest BCUT2D eigenvalue weighted by Crippen LogP contribution is -2.41. The summed E-state index contributed by atoms with van der Waals surface area (Å²) in [6.07, 6.45) is 1.31. The normalized spacial score (nSPS) is 25.4. The fraction of sp³-hybridized carbons (Fsp3) is 0.429. The number of hydrogen-bond acceptors (Lipinski definition) is 3. The summed E-state index contributed by atoms with van der Waals surface area (Å²) in [5, 5.41) is 0. The summed E-state index contributed by atoms with van der Waals surface area (Å²) in [5.41, 5.74) is 0. The zero-order valence-corrected chi connectivity index (χ0v) is 12.3. The van der Waals surface area contributed by atoms with Crippen LogP contribution in [0.15, 0.2) is 41.3 Å². The third kappa shape index (κ3) is 2.85. The molecule has 1 saturated heterocycles. The first kappa shape index (κ1) is 15.4. The van der Waals surface area contributed by atoms with Gasteiger partial charge in [0.05, 0.1) is 4.90 Å². The summed E-state index contributed by atoms with van der Waals surface area (Å²) in [5.74, 6) is -0.437. The summed E-state index contributed by atoms with van der Waals surface area (Å²) in [4.78, 5) is -0.0192. The predicted octanol–water partition coefficient (Wildman–Crippen LogP) is 3.07. The highest BCUT2D eigenvalue weighted by Crippen LogP contribution is 2.36. The molecule has 2 heterocycles. The summed E-state index contributed by atoms with van der Waals surface area (Å²) in [6.45, 7) is 0. The molecule has 0 spiro atoms. The molecule has 2 aliphatic heterocycles. The Labute approximate surface area is 126 Å². The molecule has 0 radical (unpaired) electrons. The van der Waals surface area contributed by atoms with Gasteiger partial charge >= 0.3 is 6.36 Å². The Hall–Kier alpha value is -1.54. The molecule has 0 saturated carbocycles. The summed E-state index contributed by atoms with van der Waals surface area (Å²) in [7, 11) is -3.71. The number of hydrogen-bond donors (Lipinski definition) is 0. The molecule has 2 unspecified atom stereocenters. The van der Waals surface area contributed by atoms with E-state index >= 15 is 0 Å². The van der Waals surface area contributed by atoms with Crippen molar-refractivity contribution in [2.45, 2.75) is 42.6 Å². The van der Waals surface area contributed by atoms with Crippen LogP contribution in [-0.2, 0) is 10.0 Å². The van der Waals surface area contributed by atoms with Gasteiger partial charge in [-0.15, -0.1) is 13.2 Å². The van der Waals surface area contributed by atoms with E-state index in [1.165, 1.54) is 4.31 Å². The van der Waals surface area contributed by atoms with Crippen molar-refractivity contribution in [2.24, 2.45) is 0 Å². The van der Waals surface area contributed by atoms with Crippen LogP contribution >= 0.6 is 0 Å². The van der Waals surface area contributed by atoms with Crippen LogP contribution in [0.1, 0.15) is 19.3 Å². The Kier molecular flexibility index (Phi) is 3.68. The first-order valence-corrected chi connectivity index (χ1v) is 8.27. The number of fused-ring (bicyclic) bond motifs is 2. The quantitative estimate of drug-likeness (QED) is 0.799. The lowest BCUT2D eigenvalue weighted by molar-refractivity contribution is -0.274. The van der Waals surface area contributed by atoms with Crippen molar-refractivity contribution < 1.29 is 26.3 Å². The highest BCUT2D eigenvalue weighted by atomic mass is 32.2. The van der Waals surface area contributed by atoms with E-state index in [1.807, 2.05) is 12.2 Å². The molecule has 22 heavy (non-hydrogen) atoms. The second kappa shape index (κ2) is 5.27. The van der Waals surface area contributed by atoms with Crippen molar-refractivity contribution in [2.75, 3.05) is 0 Å². The standard InChI is InChI=1S/C14H14F3NO3S/c15-14(16,17)21-12-6-8-13(9-7-12)22(19,20)18-10-2-1-3-11(18)5-4-10/h1-2,6-11H,3-5H2. The van der Waals surface area contributed by atoms with Gasteiger partial charge in [0.1, 0.15) is 5.75 Å². The minimum absolute atomic E-state index is 0.0192. The minimum Gasteiger partial charge on any atom is -0.406 e. The van der Waals surface area contributed by atoms with Crippen LogP contribution in [0.3, 0.4) is 0 Å². The maximum absolute atomic E-state index is 12.7. The van der Waals surface area contributed by atoms with Crippen LogP contribution in [0, 0.1) is 0 Å². The highest BCUT2D eigenvalue weighted by Gasteiger charge is 2.42. The Balaban J connectivity index is 1.86. The van der Waals surface area contributed by atoms with Crippen molar-refractivity contribution in [1.82, 2.24) is 4.31 Å². The van der Waals surface area contributed by atoms with Crippen LogP contribution in [0.5, 0.6) is 5.75 Å². The smallest absolute Gasteiger partial charge is 0.406 e. The third-order valence-corrected chi connectivity index (χ3v) is 5.87. The summed E-state index contributed by atoms with van der Waals surface area (Å²) in [6, 6.07) is 4.10. The topological polar surface area (TPSA) is 46.6 Å². The number of halogens is 3. The number of ether oxygens (including phenoxy) is 1. The predicted molar refractivity (Wildman–Crippen MR) is 72.7 cm³/mol. The monoisotopic (exact) mass is 333 g/mol. The van der Waals surface area contributed by atoms with Crippen molar-refractivity contribution in [3.63, 3.8) is 0 Å². The van der Waals surface area contributed by atoms with Crippen LogP contribution < -0.4 is 4.74 Å². The Morgan fingerprint density at radius 3 is 2.41 bits per heavy atom. The van der Waals surface area contributed by atoms with Gasteiger partial charge in [-0.05, 0) is 43.5 Å². The molecule has 0 aliphatic carbocycles. The average molecular weight is 333 g/mol. The molecule has 1 aromatic carbocycles. The van der Waals surface area contributed by atoms with Gasteiger partial charge in [-0.3, -0.25) is 0 Å². The van der Waals surface area contributed by atoms with Crippen LogP contribution in [0.2, 0.25) is 0 Å². The number of alkyl halides is 3. The van der Waals surface area contributed by atoms with Gasteiger partial charge in [-0.1, -0.05) is 12.2 Å². The first-order chi connectivity index (χ1) is 10.3. The fourth-order valence-electron chi connectivity index (χ4n) is 2.99. The first-order valence-electron chi connectivity index (χ1n) is 6.83. The zero-order chi connectivity index (χ0) is 16.0. The van der Waals surface area contributed by atoms with E-state index in [1.54, 1.807) is 0 Å². The molecule has 0 aromatic heterocycles. The highest BCUT2D eigenvalue weighted by molar-refractivity contribution is 7.89. The molecule has 3 rings (SSSR count). The van der Waals surface area contributed by atoms with Gasteiger partial charge in [-0.2, -0.15) is 4.31 Å². The SMILES string of the molecule is O=S(=O)(c1ccc(OC(F)(F)F)cc1)N1C2C=CCC1CC2. The van der Waals surface area contributed by atoms with Crippen molar-refractivity contribution in [1.29, 1.82) is 0 Å². The molecular weight excluding hydrogens is 319 g/mol. The molecule has 8 heteroatoms. The lowest BCUT2D eigenvalue weighted by Gasteiger charge is -2.30. The largest absolute Gasteiger partial charge is 0.573 e. The Bertz CT molecular complexity index is 682. The average Bonchev–Trinajstić information content (AvgIpc) is 2.69. The summed E-state index contributed by atoms with van der Waals surface area (Å²) < 4.78 is 66.9. The van der Waals surface area contributed by atoms with Gasteiger partial charge in [0, 0.05) is 12.1 Å². The van der Waals surface area contributed by atoms with Crippen molar-refractivity contribution in [3.8, 4) is 5.75 Å². The third-order valence-electron chi connectivity index (χ3n) is 3.88. The van der Waals surface area contributed by atoms with E-state index in [0.29, 0.717) is 6.42 Å². The molecule has 1 aromatic rings. The van der Waals surface area contributed by atoms with Gasteiger partial charge in [0.15, 0.2) is 0 Å². The summed E-state index contributed by atoms with van der Waals surface area (Å²) >= 11 is 0. The van der Waals surface area contributed by atoms with Gasteiger partial charge in [0.2, 0.25) is 10.0 Å². The van der Waals surface area contributed by atoms with E-state index in [0.717, 1.165) is 37.1 Å².